The standard InChI is InChI=1S/C22H34N6O.HI/c1-16-13-18(11-12-28(16)15-17-9-7-6-8-10-17)25-21(23-5)24-14-19-26-20(29-27-19)22(2,3)4;/h6-10,16,18H,11-15H2,1-5H3,(H2,23,24,25);1H. The van der Waals surface area contributed by atoms with Crippen molar-refractivity contribution in [3.8, 4) is 0 Å². The van der Waals surface area contributed by atoms with Crippen LogP contribution in [0.2, 0.25) is 0 Å². The average Bonchev–Trinajstić information content (AvgIpc) is 3.17. The van der Waals surface area contributed by atoms with E-state index in [0.717, 1.165) is 31.9 Å². The molecular weight excluding hydrogens is 491 g/mol. The largest absolute Gasteiger partial charge is 0.354 e. The van der Waals surface area contributed by atoms with E-state index in [0.29, 0.717) is 30.3 Å². The minimum Gasteiger partial charge on any atom is -0.354 e. The molecule has 1 aliphatic rings. The summed E-state index contributed by atoms with van der Waals surface area (Å²) in [5.41, 5.74) is 1.23. The summed E-state index contributed by atoms with van der Waals surface area (Å²) >= 11 is 0. The smallest absolute Gasteiger partial charge is 0.232 e. The Morgan fingerprint density at radius 3 is 2.60 bits per heavy atom. The van der Waals surface area contributed by atoms with Crippen LogP contribution in [0.1, 0.15) is 57.8 Å². The number of piperidine rings is 1. The van der Waals surface area contributed by atoms with Crippen LogP contribution in [0.15, 0.2) is 39.8 Å². The molecule has 1 saturated heterocycles. The number of aromatic nitrogens is 2. The Bertz CT molecular complexity index is 801. The lowest BCUT2D eigenvalue weighted by atomic mass is 9.97. The topological polar surface area (TPSA) is 78.6 Å². The fourth-order valence-electron chi connectivity index (χ4n) is 3.59. The van der Waals surface area contributed by atoms with E-state index in [2.05, 4.69) is 88.7 Å². The van der Waals surface area contributed by atoms with E-state index in [1.54, 1.807) is 7.05 Å². The number of nitrogens with one attached hydrogen (secondary N) is 2. The number of halogens is 1. The van der Waals surface area contributed by atoms with Gasteiger partial charge in [0, 0.05) is 37.6 Å². The monoisotopic (exact) mass is 526 g/mol. The van der Waals surface area contributed by atoms with Crippen molar-refractivity contribution in [1.29, 1.82) is 0 Å². The molecule has 2 aromatic rings. The van der Waals surface area contributed by atoms with Crippen molar-refractivity contribution in [2.24, 2.45) is 4.99 Å². The molecule has 1 fully saturated rings. The van der Waals surface area contributed by atoms with Crippen molar-refractivity contribution in [3.63, 3.8) is 0 Å². The number of aliphatic imine (C=N–C) groups is 1. The van der Waals surface area contributed by atoms with Crippen LogP contribution in [-0.4, -0.2) is 46.7 Å². The Balaban J connectivity index is 0.00000320. The molecule has 0 spiro atoms. The summed E-state index contributed by atoms with van der Waals surface area (Å²) in [4.78, 5) is 11.4. The van der Waals surface area contributed by atoms with Crippen molar-refractivity contribution >= 4 is 29.9 Å². The lowest BCUT2D eigenvalue weighted by Gasteiger charge is -2.38. The number of hydrogen-bond acceptors (Lipinski definition) is 5. The van der Waals surface area contributed by atoms with Gasteiger partial charge in [0.25, 0.3) is 0 Å². The molecule has 0 saturated carbocycles. The van der Waals surface area contributed by atoms with Gasteiger partial charge in [-0.15, -0.1) is 24.0 Å². The molecule has 30 heavy (non-hydrogen) atoms. The van der Waals surface area contributed by atoms with Crippen LogP contribution in [0.4, 0.5) is 0 Å². The third-order valence-corrected chi connectivity index (χ3v) is 5.33. The minimum absolute atomic E-state index is 0. The second kappa shape index (κ2) is 11.1. The fourth-order valence-corrected chi connectivity index (χ4v) is 3.59. The lowest BCUT2D eigenvalue weighted by Crippen LogP contribution is -2.51. The molecule has 1 aromatic heterocycles. The molecule has 0 amide bonds. The number of likely N-dealkylation sites (tertiary alicyclic amines) is 1. The van der Waals surface area contributed by atoms with E-state index >= 15 is 0 Å². The van der Waals surface area contributed by atoms with Crippen LogP contribution in [0.25, 0.3) is 0 Å². The highest BCUT2D eigenvalue weighted by atomic mass is 127. The molecule has 0 radical (unpaired) electrons. The first-order chi connectivity index (χ1) is 13.8. The van der Waals surface area contributed by atoms with Crippen LogP contribution >= 0.6 is 24.0 Å². The molecule has 2 N–H and O–H groups in total. The molecule has 2 unspecified atom stereocenters. The van der Waals surface area contributed by atoms with E-state index in [-0.39, 0.29) is 29.4 Å². The quantitative estimate of drug-likeness (QED) is 0.352. The van der Waals surface area contributed by atoms with Crippen molar-refractivity contribution in [3.05, 3.63) is 47.6 Å². The summed E-state index contributed by atoms with van der Waals surface area (Å²) in [7, 11) is 1.79. The molecule has 2 heterocycles. The third-order valence-electron chi connectivity index (χ3n) is 5.33. The number of benzene rings is 1. The number of nitrogens with zero attached hydrogens (tertiary/aromatic N) is 4. The van der Waals surface area contributed by atoms with Gasteiger partial charge in [-0.05, 0) is 25.3 Å². The first-order valence-electron chi connectivity index (χ1n) is 10.4. The Morgan fingerprint density at radius 1 is 1.27 bits per heavy atom. The van der Waals surface area contributed by atoms with E-state index in [1.165, 1.54) is 5.56 Å². The van der Waals surface area contributed by atoms with Crippen molar-refractivity contribution in [2.75, 3.05) is 13.6 Å². The summed E-state index contributed by atoms with van der Waals surface area (Å²) in [6, 6.07) is 11.6. The third kappa shape index (κ3) is 6.94. The van der Waals surface area contributed by atoms with E-state index in [9.17, 15) is 0 Å². The van der Waals surface area contributed by atoms with Crippen LogP contribution in [-0.2, 0) is 18.5 Å². The van der Waals surface area contributed by atoms with E-state index in [1.807, 2.05) is 0 Å². The average molecular weight is 526 g/mol. The van der Waals surface area contributed by atoms with Gasteiger partial charge in [-0.3, -0.25) is 9.89 Å². The maximum atomic E-state index is 5.35. The predicted molar refractivity (Wildman–Crippen MR) is 131 cm³/mol. The van der Waals surface area contributed by atoms with Crippen molar-refractivity contribution in [1.82, 2.24) is 25.7 Å². The molecule has 8 heteroatoms. The predicted octanol–water partition coefficient (Wildman–Crippen LogP) is 3.70. The number of rotatable bonds is 5. The van der Waals surface area contributed by atoms with E-state index in [4.69, 9.17) is 4.52 Å². The SMILES string of the molecule is CN=C(NCc1noc(C(C)(C)C)n1)NC1CCN(Cc2ccccc2)C(C)C1.I. The van der Waals surface area contributed by atoms with Gasteiger partial charge < -0.3 is 15.2 Å². The van der Waals surface area contributed by atoms with Gasteiger partial charge in [0.05, 0.1) is 6.54 Å². The van der Waals surface area contributed by atoms with Crippen LogP contribution in [0.5, 0.6) is 0 Å². The molecular formula is C22H35IN6O. The van der Waals surface area contributed by atoms with Gasteiger partial charge in [0.2, 0.25) is 5.89 Å². The van der Waals surface area contributed by atoms with Crippen LogP contribution < -0.4 is 10.6 Å². The maximum absolute atomic E-state index is 5.35. The van der Waals surface area contributed by atoms with Gasteiger partial charge in [0.15, 0.2) is 11.8 Å². The summed E-state index contributed by atoms with van der Waals surface area (Å²) in [5, 5.41) is 10.9. The Morgan fingerprint density at radius 2 is 2.00 bits per heavy atom. The van der Waals surface area contributed by atoms with Crippen molar-refractivity contribution < 1.29 is 4.52 Å². The Kier molecular flexibility index (Phi) is 9.09. The molecule has 166 valence electrons. The number of hydrogen-bond donors (Lipinski definition) is 2. The van der Waals surface area contributed by atoms with Gasteiger partial charge in [-0.2, -0.15) is 4.98 Å². The fraction of sp³-hybridized carbons (Fsp3) is 0.591. The summed E-state index contributed by atoms with van der Waals surface area (Å²) in [6.45, 7) is 11.1. The molecule has 3 rings (SSSR count). The van der Waals surface area contributed by atoms with Crippen molar-refractivity contribution in [2.45, 2.75) is 71.1 Å². The molecule has 0 aliphatic carbocycles. The Hall–Kier alpha value is -1.68. The van der Waals surface area contributed by atoms with Gasteiger partial charge in [-0.25, -0.2) is 0 Å². The van der Waals surface area contributed by atoms with Gasteiger partial charge >= 0.3 is 0 Å². The summed E-state index contributed by atoms with van der Waals surface area (Å²) in [5.74, 6) is 2.07. The van der Waals surface area contributed by atoms with Crippen LogP contribution in [0, 0.1) is 0 Å². The highest BCUT2D eigenvalue weighted by Crippen LogP contribution is 2.21. The first kappa shape index (κ1) is 24.6. The zero-order chi connectivity index (χ0) is 20.9. The zero-order valence-corrected chi connectivity index (χ0v) is 21.0. The Labute approximate surface area is 197 Å². The molecule has 2 atom stereocenters. The molecule has 1 aliphatic heterocycles. The molecule has 7 nitrogen and oxygen atoms in total. The highest BCUT2D eigenvalue weighted by molar-refractivity contribution is 14.0. The van der Waals surface area contributed by atoms with Gasteiger partial charge in [-0.1, -0.05) is 56.3 Å². The molecule has 1 aromatic carbocycles. The summed E-state index contributed by atoms with van der Waals surface area (Å²) in [6.07, 6.45) is 2.18. The lowest BCUT2D eigenvalue weighted by molar-refractivity contribution is 0.134. The maximum Gasteiger partial charge on any atom is 0.232 e. The zero-order valence-electron chi connectivity index (χ0n) is 18.7. The minimum atomic E-state index is -0.144. The highest BCUT2D eigenvalue weighted by Gasteiger charge is 2.26. The molecule has 0 bridgehead atoms. The van der Waals surface area contributed by atoms with E-state index < -0.39 is 0 Å². The second-order valence-electron chi connectivity index (χ2n) is 8.86. The van der Waals surface area contributed by atoms with Gasteiger partial charge in [0.1, 0.15) is 0 Å². The first-order valence-corrected chi connectivity index (χ1v) is 10.4. The summed E-state index contributed by atoms with van der Waals surface area (Å²) < 4.78 is 5.35. The normalized spacial score (nSPS) is 20.5. The second-order valence-corrected chi connectivity index (χ2v) is 8.86. The van der Waals surface area contributed by atoms with Crippen LogP contribution in [0.3, 0.4) is 0 Å². The number of guanidine groups is 1.